The lowest BCUT2D eigenvalue weighted by Gasteiger charge is -2.26. The number of hydrogen-bond acceptors (Lipinski definition) is 3. The SMILES string of the molecule is OC1(C#Cc2ccc3cnn(-c4ccnc5[nH]ccc45)c3c2)CCCCC1. The van der Waals surface area contributed by atoms with Crippen LogP contribution in [-0.4, -0.2) is 30.5 Å². The number of benzene rings is 1. The van der Waals surface area contributed by atoms with E-state index < -0.39 is 5.60 Å². The average Bonchev–Trinajstić information content (AvgIpc) is 3.33. The molecule has 2 N–H and O–H groups in total. The van der Waals surface area contributed by atoms with Gasteiger partial charge in [0.1, 0.15) is 11.2 Å². The number of rotatable bonds is 1. The Morgan fingerprint density at radius 2 is 2.00 bits per heavy atom. The Morgan fingerprint density at radius 3 is 2.89 bits per heavy atom. The van der Waals surface area contributed by atoms with Crippen molar-refractivity contribution in [1.29, 1.82) is 0 Å². The van der Waals surface area contributed by atoms with Crippen molar-refractivity contribution in [1.82, 2.24) is 19.7 Å². The highest BCUT2D eigenvalue weighted by Gasteiger charge is 2.26. The van der Waals surface area contributed by atoms with E-state index in [-0.39, 0.29) is 0 Å². The zero-order valence-corrected chi connectivity index (χ0v) is 14.9. The Morgan fingerprint density at radius 1 is 1.11 bits per heavy atom. The molecular formula is C22H20N4O. The fraction of sp³-hybridized carbons (Fsp3) is 0.273. The summed E-state index contributed by atoms with van der Waals surface area (Å²) in [5.74, 6) is 6.30. The summed E-state index contributed by atoms with van der Waals surface area (Å²) in [6.07, 6.45) is 10.3. The maximum absolute atomic E-state index is 10.6. The van der Waals surface area contributed by atoms with Crippen molar-refractivity contribution in [3.63, 3.8) is 0 Å². The zero-order chi connectivity index (χ0) is 18.3. The Labute approximate surface area is 157 Å². The van der Waals surface area contributed by atoms with Gasteiger partial charge in [-0.3, -0.25) is 0 Å². The normalized spacial score (nSPS) is 16.3. The minimum absolute atomic E-state index is 0.767. The van der Waals surface area contributed by atoms with Crippen molar-refractivity contribution in [2.75, 3.05) is 0 Å². The van der Waals surface area contributed by atoms with Crippen molar-refractivity contribution in [3.05, 3.63) is 54.5 Å². The van der Waals surface area contributed by atoms with Gasteiger partial charge in [0.05, 0.1) is 17.4 Å². The van der Waals surface area contributed by atoms with Gasteiger partial charge in [-0.25, -0.2) is 9.67 Å². The Hall–Kier alpha value is -3.10. The molecule has 1 aliphatic rings. The Kier molecular flexibility index (Phi) is 3.73. The van der Waals surface area contributed by atoms with Crippen LogP contribution in [0.5, 0.6) is 0 Å². The van der Waals surface area contributed by atoms with E-state index in [1.165, 1.54) is 6.42 Å². The highest BCUT2D eigenvalue weighted by atomic mass is 16.3. The summed E-state index contributed by atoms with van der Waals surface area (Å²) in [6, 6.07) is 10.0. The van der Waals surface area contributed by atoms with Crippen LogP contribution in [0.1, 0.15) is 37.7 Å². The van der Waals surface area contributed by atoms with Crippen LogP contribution in [-0.2, 0) is 0 Å². The number of pyridine rings is 1. The van der Waals surface area contributed by atoms with E-state index in [2.05, 4.69) is 26.9 Å². The highest BCUT2D eigenvalue weighted by Crippen LogP contribution is 2.28. The summed E-state index contributed by atoms with van der Waals surface area (Å²) in [5, 5.41) is 17.3. The second-order valence-corrected chi connectivity index (χ2v) is 7.24. The van der Waals surface area contributed by atoms with Gasteiger partial charge in [0.2, 0.25) is 0 Å². The van der Waals surface area contributed by atoms with Crippen molar-refractivity contribution >= 4 is 21.9 Å². The maximum Gasteiger partial charge on any atom is 0.139 e. The third-order valence-corrected chi connectivity index (χ3v) is 5.36. The molecule has 1 aliphatic carbocycles. The highest BCUT2D eigenvalue weighted by molar-refractivity contribution is 5.89. The van der Waals surface area contributed by atoms with Crippen LogP contribution in [0, 0.1) is 11.8 Å². The molecule has 0 amide bonds. The fourth-order valence-electron chi connectivity index (χ4n) is 3.87. The summed E-state index contributed by atoms with van der Waals surface area (Å²) < 4.78 is 1.92. The van der Waals surface area contributed by atoms with Gasteiger partial charge in [-0.2, -0.15) is 5.10 Å². The number of H-pyrrole nitrogens is 1. The minimum atomic E-state index is -0.837. The lowest BCUT2D eigenvalue weighted by Crippen LogP contribution is -2.29. The van der Waals surface area contributed by atoms with Crippen LogP contribution in [0.2, 0.25) is 0 Å². The molecule has 134 valence electrons. The average molecular weight is 356 g/mol. The van der Waals surface area contributed by atoms with E-state index in [9.17, 15) is 5.11 Å². The van der Waals surface area contributed by atoms with Crippen molar-refractivity contribution < 1.29 is 5.11 Å². The molecule has 5 heteroatoms. The molecule has 3 heterocycles. The third-order valence-electron chi connectivity index (χ3n) is 5.36. The number of aromatic nitrogens is 4. The van der Waals surface area contributed by atoms with E-state index in [1.54, 1.807) is 6.20 Å². The number of nitrogens with one attached hydrogen (secondary N) is 1. The molecule has 0 unspecified atom stereocenters. The second kappa shape index (κ2) is 6.26. The summed E-state index contributed by atoms with van der Waals surface area (Å²) >= 11 is 0. The molecule has 1 fully saturated rings. The molecule has 5 nitrogen and oxygen atoms in total. The number of hydrogen-bond donors (Lipinski definition) is 2. The van der Waals surface area contributed by atoms with E-state index in [1.807, 2.05) is 47.4 Å². The molecular weight excluding hydrogens is 336 g/mol. The van der Waals surface area contributed by atoms with E-state index >= 15 is 0 Å². The first-order valence-electron chi connectivity index (χ1n) is 9.38. The third kappa shape index (κ3) is 2.88. The number of aromatic amines is 1. The van der Waals surface area contributed by atoms with Gasteiger partial charge in [-0.1, -0.05) is 18.3 Å². The fourth-order valence-corrected chi connectivity index (χ4v) is 3.87. The molecule has 1 aromatic carbocycles. The molecule has 0 bridgehead atoms. The molecule has 0 aliphatic heterocycles. The van der Waals surface area contributed by atoms with Gasteiger partial charge >= 0.3 is 0 Å². The molecule has 0 saturated heterocycles. The topological polar surface area (TPSA) is 66.7 Å². The lowest BCUT2D eigenvalue weighted by molar-refractivity contribution is 0.0610. The Balaban J connectivity index is 1.59. The quantitative estimate of drug-likeness (QED) is 0.508. The van der Waals surface area contributed by atoms with Crippen molar-refractivity contribution in [2.45, 2.75) is 37.7 Å². The van der Waals surface area contributed by atoms with Crippen LogP contribution >= 0.6 is 0 Å². The predicted molar refractivity (Wildman–Crippen MR) is 106 cm³/mol. The molecule has 4 aromatic rings. The minimum Gasteiger partial charge on any atom is -0.378 e. The van der Waals surface area contributed by atoms with E-state index in [4.69, 9.17) is 0 Å². The van der Waals surface area contributed by atoms with Gasteiger partial charge in [-0.05, 0) is 56.0 Å². The van der Waals surface area contributed by atoms with Crippen LogP contribution in [0.4, 0.5) is 0 Å². The van der Waals surface area contributed by atoms with Crippen LogP contribution < -0.4 is 0 Å². The summed E-state index contributed by atoms with van der Waals surface area (Å²) in [7, 11) is 0. The molecule has 5 rings (SSSR count). The van der Waals surface area contributed by atoms with Crippen molar-refractivity contribution in [2.24, 2.45) is 0 Å². The van der Waals surface area contributed by atoms with Gasteiger partial charge < -0.3 is 10.1 Å². The van der Waals surface area contributed by atoms with Gasteiger partial charge in [0, 0.05) is 28.7 Å². The molecule has 27 heavy (non-hydrogen) atoms. The van der Waals surface area contributed by atoms with Crippen LogP contribution in [0.25, 0.3) is 27.6 Å². The summed E-state index contributed by atoms with van der Waals surface area (Å²) in [4.78, 5) is 7.49. The smallest absolute Gasteiger partial charge is 0.139 e. The first-order chi connectivity index (χ1) is 13.2. The molecule has 0 spiro atoms. The van der Waals surface area contributed by atoms with Gasteiger partial charge in [0.15, 0.2) is 0 Å². The second-order valence-electron chi connectivity index (χ2n) is 7.24. The number of fused-ring (bicyclic) bond motifs is 2. The number of aliphatic hydroxyl groups is 1. The molecule has 3 aromatic heterocycles. The largest absolute Gasteiger partial charge is 0.378 e. The van der Waals surface area contributed by atoms with Crippen LogP contribution in [0.3, 0.4) is 0 Å². The standard InChI is InChI=1S/C22H20N4O/c27-22(9-2-1-3-10-22)11-6-16-4-5-17-15-25-26(20(17)14-16)19-8-13-24-21-18(19)7-12-23-21/h4-5,7-8,12-15,27H,1-3,9-10H2,(H,23,24). The monoisotopic (exact) mass is 356 g/mol. The zero-order valence-electron chi connectivity index (χ0n) is 14.9. The van der Waals surface area contributed by atoms with Gasteiger partial charge in [0.25, 0.3) is 0 Å². The van der Waals surface area contributed by atoms with E-state index in [0.717, 1.165) is 58.9 Å². The van der Waals surface area contributed by atoms with Crippen LogP contribution in [0.15, 0.2) is 48.9 Å². The summed E-state index contributed by atoms with van der Waals surface area (Å²) in [5.41, 5.74) is 2.86. The lowest BCUT2D eigenvalue weighted by atomic mass is 9.85. The van der Waals surface area contributed by atoms with E-state index in [0.29, 0.717) is 0 Å². The predicted octanol–water partition coefficient (Wildman–Crippen LogP) is 3.95. The van der Waals surface area contributed by atoms with Crippen molar-refractivity contribution in [3.8, 4) is 17.5 Å². The van der Waals surface area contributed by atoms with Gasteiger partial charge in [-0.15, -0.1) is 0 Å². The Bertz CT molecular complexity index is 1190. The first kappa shape index (κ1) is 16.1. The molecule has 0 atom stereocenters. The molecule has 1 saturated carbocycles. The number of nitrogens with zero attached hydrogens (tertiary/aromatic N) is 3. The first-order valence-corrected chi connectivity index (χ1v) is 9.38. The summed E-state index contributed by atoms with van der Waals surface area (Å²) in [6.45, 7) is 0. The maximum atomic E-state index is 10.6. The molecule has 0 radical (unpaired) electrons.